The second-order valence-electron chi connectivity index (χ2n) is 5.18. The Morgan fingerprint density at radius 3 is 2.41 bits per heavy atom. The van der Waals surface area contributed by atoms with Crippen molar-refractivity contribution in [3.63, 3.8) is 0 Å². The number of aliphatic carboxylic acids is 1. The van der Waals surface area contributed by atoms with Crippen LogP contribution in [0.3, 0.4) is 0 Å². The number of nitrogens with one attached hydrogen (secondary N) is 1. The summed E-state index contributed by atoms with van der Waals surface area (Å²) in [5.74, 6) is -0.989. The fourth-order valence-corrected chi connectivity index (χ4v) is 4.23. The predicted octanol–water partition coefficient (Wildman–Crippen LogP) is 0.959. The van der Waals surface area contributed by atoms with Gasteiger partial charge in [0.2, 0.25) is 10.0 Å². The van der Waals surface area contributed by atoms with Crippen molar-refractivity contribution in [2.45, 2.75) is 44.6 Å². The minimum absolute atomic E-state index is 0.163. The first-order valence-electron chi connectivity index (χ1n) is 6.21. The first kappa shape index (κ1) is 12.8. The summed E-state index contributed by atoms with van der Waals surface area (Å²) in [6.07, 6.45) is 4.95. The molecule has 98 valence electrons. The number of carboxylic acids is 1. The molecule has 2 rings (SSSR count). The second kappa shape index (κ2) is 4.94. The number of carboxylic acid groups (broad SMARTS) is 1. The van der Waals surface area contributed by atoms with Gasteiger partial charge in [0.15, 0.2) is 0 Å². The van der Waals surface area contributed by atoms with Gasteiger partial charge in [0, 0.05) is 6.04 Å². The Morgan fingerprint density at radius 1 is 1.18 bits per heavy atom. The van der Waals surface area contributed by atoms with Gasteiger partial charge in [-0.1, -0.05) is 12.8 Å². The third kappa shape index (κ3) is 3.67. The highest BCUT2D eigenvalue weighted by atomic mass is 32.2. The average molecular weight is 261 g/mol. The van der Waals surface area contributed by atoms with Crippen LogP contribution < -0.4 is 4.72 Å². The Morgan fingerprint density at radius 2 is 1.82 bits per heavy atom. The lowest BCUT2D eigenvalue weighted by Gasteiger charge is -2.28. The third-order valence-electron chi connectivity index (χ3n) is 3.57. The van der Waals surface area contributed by atoms with Gasteiger partial charge in [-0.05, 0) is 31.6 Å². The van der Waals surface area contributed by atoms with Gasteiger partial charge in [0.25, 0.3) is 0 Å². The Kier molecular flexibility index (Phi) is 3.73. The summed E-state index contributed by atoms with van der Waals surface area (Å²) in [5.41, 5.74) is 0. The fraction of sp³-hybridized carbons (Fsp3) is 0.909. The average Bonchev–Trinajstić information content (AvgIpc) is 3.00. The van der Waals surface area contributed by atoms with Gasteiger partial charge in [-0.15, -0.1) is 0 Å². The molecular weight excluding hydrogens is 242 g/mol. The Balaban J connectivity index is 1.97. The molecule has 2 aliphatic carbocycles. The van der Waals surface area contributed by atoms with Gasteiger partial charge in [0.1, 0.15) is 0 Å². The predicted molar refractivity (Wildman–Crippen MR) is 63.0 cm³/mol. The summed E-state index contributed by atoms with van der Waals surface area (Å²) in [6.45, 7) is 0. The zero-order valence-electron chi connectivity index (χ0n) is 9.76. The maximum Gasteiger partial charge on any atom is 0.308 e. The largest absolute Gasteiger partial charge is 0.481 e. The SMILES string of the molecule is O=C(O)C1CCCCC1NS(=O)(=O)CC1CC1. The molecule has 17 heavy (non-hydrogen) atoms. The van der Waals surface area contributed by atoms with Crippen LogP contribution in [0, 0.1) is 11.8 Å². The molecule has 2 saturated carbocycles. The van der Waals surface area contributed by atoms with E-state index in [-0.39, 0.29) is 5.75 Å². The summed E-state index contributed by atoms with van der Waals surface area (Å²) in [4.78, 5) is 11.1. The molecule has 2 atom stereocenters. The van der Waals surface area contributed by atoms with E-state index in [9.17, 15) is 13.2 Å². The zero-order chi connectivity index (χ0) is 12.5. The van der Waals surface area contributed by atoms with E-state index in [0.29, 0.717) is 18.8 Å². The molecule has 0 spiro atoms. The highest BCUT2D eigenvalue weighted by molar-refractivity contribution is 7.89. The normalized spacial score (nSPS) is 30.1. The number of carbonyl (C=O) groups is 1. The van der Waals surface area contributed by atoms with Crippen molar-refractivity contribution in [3.8, 4) is 0 Å². The van der Waals surface area contributed by atoms with Crippen molar-refractivity contribution in [1.82, 2.24) is 4.72 Å². The van der Waals surface area contributed by atoms with Crippen LogP contribution in [-0.4, -0.2) is 31.3 Å². The van der Waals surface area contributed by atoms with Crippen LogP contribution in [0.2, 0.25) is 0 Å². The number of rotatable bonds is 5. The van der Waals surface area contributed by atoms with Gasteiger partial charge in [-0.25, -0.2) is 13.1 Å². The molecule has 2 aliphatic rings. The van der Waals surface area contributed by atoms with E-state index in [1.54, 1.807) is 0 Å². The highest BCUT2D eigenvalue weighted by Crippen LogP contribution is 2.31. The van der Waals surface area contributed by atoms with Crippen LogP contribution in [0.15, 0.2) is 0 Å². The maximum atomic E-state index is 11.8. The van der Waals surface area contributed by atoms with E-state index in [1.165, 1.54) is 0 Å². The van der Waals surface area contributed by atoms with Crippen molar-refractivity contribution >= 4 is 16.0 Å². The number of hydrogen-bond donors (Lipinski definition) is 2. The van der Waals surface area contributed by atoms with Crippen molar-refractivity contribution in [3.05, 3.63) is 0 Å². The van der Waals surface area contributed by atoms with Gasteiger partial charge >= 0.3 is 5.97 Å². The summed E-state index contributed by atoms with van der Waals surface area (Å²) in [5, 5.41) is 9.06. The third-order valence-corrected chi connectivity index (χ3v) is 5.14. The molecule has 0 aliphatic heterocycles. The monoisotopic (exact) mass is 261 g/mol. The first-order chi connectivity index (χ1) is 7.98. The topological polar surface area (TPSA) is 83.5 Å². The van der Waals surface area contributed by atoms with Gasteiger partial charge in [-0.3, -0.25) is 4.79 Å². The van der Waals surface area contributed by atoms with Crippen LogP contribution in [0.1, 0.15) is 38.5 Å². The molecule has 0 radical (unpaired) electrons. The number of sulfonamides is 1. The Hall–Kier alpha value is -0.620. The van der Waals surface area contributed by atoms with Crippen LogP contribution in [-0.2, 0) is 14.8 Å². The minimum Gasteiger partial charge on any atom is -0.481 e. The molecule has 0 aromatic rings. The van der Waals surface area contributed by atoms with Crippen LogP contribution in [0.4, 0.5) is 0 Å². The molecule has 0 amide bonds. The quantitative estimate of drug-likeness (QED) is 0.772. The van der Waals surface area contributed by atoms with Crippen molar-refractivity contribution in [2.75, 3.05) is 5.75 Å². The van der Waals surface area contributed by atoms with Crippen LogP contribution >= 0.6 is 0 Å². The second-order valence-corrected chi connectivity index (χ2v) is 6.98. The zero-order valence-corrected chi connectivity index (χ0v) is 10.6. The van der Waals surface area contributed by atoms with Crippen LogP contribution in [0.25, 0.3) is 0 Å². The standard InChI is InChI=1S/C11H19NO4S/c13-11(14)9-3-1-2-4-10(9)12-17(15,16)7-8-5-6-8/h8-10,12H,1-7H2,(H,13,14). The van der Waals surface area contributed by atoms with E-state index < -0.39 is 28.0 Å². The number of hydrogen-bond acceptors (Lipinski definition) is 3. The van der Waals surface area contributed by atoms with Crippen LogP contribution in [0.5, 0.6) is 0 Å². The van der Waals surface area contributed by atoms with Crippen molar-refractivity contribution < 1.29 is 18.3 Å². The van der Waals surface area contributed by atoms with Gasteiger partial charge < -0.3 is 5.11 Å². The van der Waals surface area contributed by atoms with Crippen molar-refractivity contribution in [1.29, 1.82) is 0 Å². The van der Waals surface area contributed by atoms with Gasteiger partial charge in [0.05, 0.1) is 11.7 Å². The highest BCUT2D eigenvalue weighted by Gasteiger charge is 2.35. The molecule has 6 heteroatoms. The molecule has 2 unspecified atom stereocenters. The maximum absolute atomic E-state index is 11.8. The molecule has 0 aromatic carbocycles. The van der Waals surface area contributed by atoms with Gasteiger partial charge in [-0.2, -0.15) is 0 Å². The van der Waals surface area contributed by atoms with E-state index in [2.05, 4.69) is 4.72 Å². The lowest BCUT2D eigenvalue weighted by molar-refractivity contribution is -0.143. The molecular formula is C11H19NO4S. The molecule has 0 bridgehead atoms. The minimum atomic E-state index is -3.30. The van der Waals surface area contributed by atoms with E-state index in [1.807, 2.05) is 0 Å². The van der Waals surface area contributed by atoms with E-state index >= 15 is 0 Å². The lowest BCUT2D eigenvalue weighted by Crippen LogP contribution is -2.45. The summed E-state index contributed by atoms with van der Waals surface area (Å²) in [6, 6.07) is -0.412. The molecule has 0 aromatic heterocycles. The Labute approximate surface area is 102 Å². The molecule has 2 N–H and O–H groups in total. The van der Waals surface area contributed by atoms with E-state index in [0.717, 1.165) is 25.7 Å². The molecule has 2 fully saturated rings. The summed E-state index contributed by atoms with van der Waals surface area (Å²) >= 11 is 0. The summed E-state index contributed by atoms with van der Waals surface area (Å²) < 4.78 is 26.2. The van der Waals surface area contributed by atoms with E-state index in [4.69, 9.17) is 5.11 Å². The van der Waals surface area contributed by atoms with Crippen molar-refractivity contribution in [2.24, 2.45) is 11.8 Å². The fourth-order valence-electron chi connectivity index (χ4n) is 2.44. The molecule has 5 nitrogen and oxygen atoms in total. The first-order valence-corrected chi connectivity index (χ1v) is 7.86. The molecule has 0 saturated heterocycles. The Bertz CT molecular complexity index is 388. The smallest absolute Gasteiger partial charge is 0.308 e. The summed E-state index contributed by atoms with van der Waals surface area (Å²) in [7, 11) is -3.30. The molecule has 0 heterocycles. The lowest BCUT2D eigenvalue weighted by atomic mass is 9.85.